The Morgan fingerprint density at radius 2 is 1.93 bits per heavy atom. The van der Waals surface area contributed by atoms with E-state index in [1.54, 1.807) is 41.6 Å². The maximum atomic E-state index is 14.0. The Kier molecular flexibility index (Phi) is 5.55. The normalized spacial score (nSPS) is 19.6. The number of para-hydroxylation sites is 1. The molecule has 2 aromatic rings. The molecule has 1 unspecified atom stereocenters. The van der Waals surface area contributed by atoms with Crippen LogP contribution >= 0.6 is 0 Å². The molecule has 1 atom stereocenters. The molecular weight excluding hydrogens is 377 g/mol. The van der Waals surface area contributed by atoms with Crippen molar-refractivity contribution in [2.45, 2.75) is 18.9 Å². The highest BCUT2D eigenvalue weighted by molar-refractivity contribution is 5.96. The quantitative estimate of drug-likeness (QED) is 0.768. The van der Waals surface area contributed by atoms with Crippen LogP contribution in [0.4, 0.5) is 14.9 Å². The second-order valence-corrected chi connectivity index (χ2v) is 7.06. The average Bonchev–Trinajstić information content (AvgIpc) is 3.09. The zero-order chi connectivity index (χ0) is 20.2. The topological polar surface area (TPSA) is 78.9 Å². The number of carbonyl (C=O) groups is 2. The molecule has 2 fully saturated rings. The summed E-state index contributed by atoms with van der Waals surface area (Å²) in [6.07, 6.45) is 4.65. The van der Waals surface area contributed by atoms with Crippen molar-refractivity contribution in [3.63, 3.8) is 0 Å². The van der Waals surface area contributed by atoms with Crippen LogP contribution in [0.25, 0.3) is 0 Å². The number of nitrogens with zero attached hydrogens (tertiary/aromatic N) is 5. The molecule has 2 aliphatic heterocycles. The summed E-state index contributed by atoms with van der Waals surface area (Å²) in [6.45, 7) is 1.75. The molecule has 152 valence electrons. The van der Waals surface area contributed by atoms with E-state index in [-0.39, 0.29) is 30.3 Å². The van der Waals surface area contributed by atoms with E-state index in [1.807, 2.05) is 0 Å². The zero-order valence-electron chi connectivity index (χ0n) is 15.9. The Balaban J connectivity index is 1.34. The van der Waals surface area contributed by atoms with E-state index in [4.69, 9.17) is 4.74 Å². The van der Waals surface area contributed by atoms with Crippen LogP contribution in [-0.4, -0.2) is 70.5 Å². The van der Waals surface area contributed by atoms with Gasteiger partial charge in [0.05, 0.1) is 12.2 Å². The van der Waals surface area contributed by atoms with E-state index >= 15 is 0 Å². The number of amides is 3. The van der Waals surface area contributed by atoms with Crippen LogP contribution in [0.3, 0.4) is 0 Å². The maximum Gasteiger partial charge on any atom is 0.325 e. The number of halogens is 1. The molecule has 3 amide bonds. The van der Waals surface area contributed by atoms with Gasteiger partial charge in [-0.05, 0) is 31.0 Å². The number of ether oxygens (including phenoxy) is 1. The summed E-state index contributed by atoms with van der Waals surface area (Å²) in [4.78, 5) is 38.1. The number of urea groups is 1. The summed E-state index contributed by atoms with van der Waals surface area (Å²) < 4.78 is 19.8. The molecule has 0 radical (unpaired) electrons. The fourth-order valence-corrected chi connectivity index (χ4v) is 3.64. The number of carbonyl (C=O) groups excluding carboxylic acids is 2. The Hall–Kier alpha value is -3.23. The molecule has 0 aliphatic carbocycles. The van der Waals surface area contributed by atoms with Gasteiger partial charge in [0.15, 0.2) is 0 Å². The van der Waals surface area contributed by atoms with Crippen molar-refractivity contribution in [2.24, 2.45) is 0 Å². The van der Waals surface area contributed by atoms with Crippen LogP contribution in [0.15, 0.2) is 42.7 Å². The van der Waals surface area contributed by atoms with Gasteiger partial charge >= 0.3 is 12.0 Å². The molecule has 3 heterocycles. The monoisotopic (exact) mass is 399 g/mol. The summed E-state index contributed by atoms with van der Waals surface area (Å²) in [5, 5.41) is 0. The van der Waals surface area contributed by atoms with Crippen molar-refractivity contribution >= 4 is 17.6 Å². The van der Waals surface area contributed by atoms with E-state index in [2.05, 4.69) is 9.97 Å². The lowest BCUT2D eigenvalue weighted by atomic mass is 10.1. The molecule has 0 saturated carbocycles. The minimum atomic E-state index is -0.451. The summed E-state index contributed by atoms with van der Waals surface area (Å²) in [5.74, 6) is -0.593. The third kappa shape index (κ3) is 4.28. The zero-order valence-corrected chi connectivity index (χ0v) is 15.9. The predicted molar refractivity (Wildman–Crippen MR) is 103 cm³/mol. The van der Waals surface area contributed by atoms with Gasteiger partial charge in [-0.15, -0.1) is 0 Å². The van der Waals surface area contributed by atoms with Crippen LogP contribution in [0.1, 0.15) is 12.8 Å². The van der Waals surface area contributed by atoms with E-state index in [9.17, 15) is 14.0 Å². The second kappa shape index (κ2) is 8.42. The number of hydrogen-bond acceptors (Lipinski definition) is 5. The van der Waals surface area contributed by atoms with E-state index in [0.717, 1.165) is 12.8 Å². The molecule has 0 spiro atoms. The first-order valence-corrected chi connectivity index (χ1v) is 9.64. The Labute approximate surface area is 167 Å². The first kappa shape index (κ1) is 19.1. The van der Waals surface area contributed by atoms with Crippen LogP contribution in [0.2, 0.25) is 0 Å². The largest absolute Gasteiger partial charge is 0.458 e. The fourth-order valence-electron chi connectivity index (χ4n) is 3.64. The van der Waals surface area contributed by atoms with E-state index < -0.39 is 5.82 Å². The smallest absolute Gasteiger partial charge is 0.325 e. The highest BCUT2D eigenvalue weighted by Crippen LogP contribution is 2.23. The van der Waals surface area contributed by atoms with E-state index in [0.29, 0.717) is 32.2 Å². The van der Waals surface area contributed by atoms with Crippen molar-refractivity contribution in [1.82, 2.24) is 19.8 Å². The van der Waals surface area contributed by atoms with Gasteiger partial charge in [0.1, 0.15) is 18.5 Å². The van der Waals surface area contributed by atoms with Crippen molar-refractivity contribution in [3.05, 3.63) is 48.5 Å². The highest BCUT2D eigenvalue weighted by Gasteiger charge is 2.34. The maximum absolute atomic E-state index is 14.0. The molecule has 2 aliphatic rings. The summed E-state index contributed by atoms with van der Waals surface area (Å²) in [5.41, 5.74) is 0.238. The van der Waals surface area contributed by atoms with Gasteiger partial charge in [0.2, 0.25) is 5.91 Å². The SMILES string of the molecule is O=C(CN1CCN(c2ccccc2F)C1=O)N1CCCC(Oc2ncccn2)C1. The van der Waals surface area contributed by atoms with Crippen molar-refractivity contribution in [1.29, 1.82) is 0 Å². The standard InChI is InChI=1S/C20H22FN5O3/c21-16-6-1-2-7-17(16)26-12-11-25(20(26)28)14-18(27)24-10-3-5-15(13-24)29-19-22-8-4-9-23-19/h1-2,4,6-9,15H,3,5,10-14H2. The summed E-state index contributed by atoms with van der Waals surface area (Å²) in [6, 6.07) is 7.80. The van der Waals surface area contributed by atoms with E-state index in [1.165, 1.54) is 15.9 Å². The lowest BCUT2D eigenvalue weighted by Gasteiger charge is -2.33. The predicted octanol–water partition coefficient (Wildman–Crippen LogP) is 1.93. The van der Waals surface area contributed by atoms with Gasteiger partial charge in [0, 0.05) is 32.0 Å². The van der Waals surface area contributed by atoms with Crippen LogP contribution in [0, 0.1) is 5.82 Å². The first-order valence-electron chi connectivity index (χ1n) is 9.64. The molecule has 4 rings (SSSR count). The number of likely N-dealkylation sites (tertiary alicyclic amines) is 1. The van der Waals surface area contributed by atoms with Gasteiger partial charge in [-0.1, -0.05) is 12.1 Å². The van der Waals surface area contributed by atoms with Crippen molar-refractivity contribution < 1.29 is 18.7 Å². The molecule has 9 heteroatoms. The van der Waals surface area contributed by atoms with Gasteiger partial charge < -0.3 is 14.5 Å². The average molecular weight is 399 g/mol. The number of piperidine rings is 1. The van der Waals surface area contributed by atoms with Crippen LogP contribution in [0.5, 0.6) is 6.01 Å². The second-order valence-electron chi connectivity index (χ2n) is 7.06. The van der Waals surface area contributed by atoms with Crippen molar-refractivity contribution in [3.8, 4) is 6.01 Å². The Bertz CT molecular complexity index is 881. The third-order valence-corrected chi connectivity index (χ3v) is 5.11. The summed E-state index contributed by atoms with van der Waals surface area (Å²) >= 11 is 0. The lowest BCUT2D eigenvalue weighted by Crippen LogP contribution is -2.48. The van der Waals surface area contributed by atoms with Gasteiger partial charge in [-0.25, -0.2) is 19.2 Å². The number of hydrogen-bond donors (Lipinski definition) is 0. The minimum absolute atomic E-state index is 0.0294. The molecule has 1 aromatic carbocycles. The minimum Gasteiger partial charge on any atom is -0.458 e. The highest BCUT2D eigenvalue weighted by atomic mass is 19.1. The number of rotatable bonds is 5. The first-order chi connectivity index (χ1) is 14.1. The van der Waals surface area contributed by atoms with Crippen LogP contribution < -0.4 is 9.64 Å². The molecular formula is C20H22FN5O3. The number of benzene rings is 1. The molecule has 0 bridgehead atoms. The molecule has 8 nitrogen and oxygen atoms in total. The Morgan fingerprint density at radius 1 is 1.14 bits per heavy atom. The molecule has 2 saturated heterocycles. The summed E-state index contributed by atoms with van der Waals surface area (Å²) in [7, 11) is 0. The third-order valence-electron chi connectivity index (χ3n) is 5.11. The fraction of sp³-hybridized carbons (Fsp3) is 0.400. The van der Waals surface area contributed by atoms with Crippen LogP contribution in [-0.2, 0) is 4.79 Å². The lowest BCUT2D eigenvalue weighted by molar-refractivity contribution is -0.134. The van der Waals surface area contributed by atoms with Crippen molar-refractivity contribution in [2.75, 3.05) is 37.6 Å². The number of aromatic nitrogens is 2. The number of anilines is 1. The molecule has 29 heavy (non-hydrogen) atoms. The molecule has 1 aromatic heterocycles. The van der Waals surface area contributed by atoms with Gasteiger partial charge in [-0.2, -0.15) is 0 Å². The van der Waals surface area contributed by atoms with Gasteiger partial charge in [0.25, 0.3) is 0 Å². The molecule has 0 N–H and O–H groups in total. The Morgan fingerprint density at radius 3 is 2.72 bits per heavy atom. The van der Waals surface area contributed by atoms with Gasteiger partial charge in [-0.3, -0.25) is 9.69 Å².